The molecule has 3 aromatic rings. The van der Waals surface area contributed by atoms with Gasteiger partial charge in [0, 0.05) is 0 Å². The molecule has 0 bridgehead atoms. The van der Waals surface area contributed by atoms with E-state index in [-0.39, 0.29) is 0 Å². The molecule has 0 aliphatic carbocycles. The van der Waals surface area contributed by atoms with Gasteiger partial charge >= 0.3 is 0 Å². The van der Waals surface area contributed by atoms with Crippen molar-refractivity contribution in [3.63, 3.8) is 0 Å². The molecule has 3 aromatic heterocycles. The molecular formula is C12H9ClPS3+. The Hall–Kier alpha value is -0.180. The lowest BCUT2D eigenvalue weighted by molar-refractivity contribution is 2.04. The highest BCUT2D eigenvalue weighted by Crippen LogP contribution is 2.63. The summed E-state index contributed by atoms with van der Waals surface area (Å²) < 4.78 is 3.89. The fourth-order valence-electron chi connectivity index (χ4n) is 1.66. The van der Waals surface area contributed by atoms with E-state index in [1.165, 1.54) is 13.9 Å². The molecule has 0 unspecified atom stereocenters. The van der Waals surface area contributed by atoms with Crippen molar-refractivity contribution in [1.82, 2.24) is 0 Å². The zero-order valence-corrected chi connectivity index (χ0v) is 12.8. The van der Waals surface area contributed by atoms with E-state index in [9.17, 15) is 0 Å². The first-order chi connectivity index (χ1) is 8.32. The average Bonchev–Trinajstić information content (AvgIpc) is 3.10. The normalized spacial score (nSPS) is 11.8. The van der Waals surface area contributed by atoms with E-state index in [1.807, 2.05) is 0 Å². The second-order valence-corrected chi connectivity index (χ2v) is 11.3. The SMILES string of the molecule is Cl[P+](c1cccs1)(c1cccs1)c1cccs1. The van der Waals surface area contributed by atoms with Gasteiger partial charge in [-0.05, 0) is 52.5 Å². The van der Waals surface area contributed by atoms with Crippen LogP contribution < -0.4 is 13.9 Å². The van der Waals surface area contributed by atoms with Crippen molar-refractivity contribution in [2.24, 2.45) is 0 Å². The van der Waals surface area contributed by atoms with Crippen LogP contribution >= 0.6 is 51.9 Å². The van der Waals surface area contributed by atoms with E-state index in [0.29, 0.717) is 0 Å². The van der Waals surface area contributed by atoms with Gasteiger partial charge in [-0.3, -0.25) is 0 Å². The minimum absolute atomic E-state index is 1.30. The van der Waals surface area contributed by atoms with Crippen LogP contribution in [0.25, 0.3) is 0 Å². The van der Waals surface area contributed by atoms with Gasteiger partial charge in [0.1, 0.15) is 11.2 Å². The van der Waals surface area contributed by atoms with E-state index < -0.39 is 6.62 Å². The second kappa shape index (κ2) is 4.83. The molecule has 86 valence electrons. The Morgan fingerprint density at radius 3 is 1.29 bits per heavy atom. The maximum Gasteiger partial charge on any atom is 0.241 e. The van der Waals surface area contributed by atoms with Gasteiger partial charge in [0.25, 0.3) is 0 Å². The third-order valence-electron chi connectivity index (χ3n) is 2.43. The van der Waals surface area contributed by atoms with E-state index in [4.69, 9.17) is 11.2 Å². The molecule has 0 aliphatic heterocycles. The van der Waals surface area contributed by atoms with Gasteiger partial charge in [0.15, 0.2) is 13.9 Å². The average molecular weight is 316 g/mol. The van der Waals surface area contributed by atoms with Crippen LogP contribution in [0.3, 0.4) is 0 Å². The molecule has 0 amide bonds. The summed E-state index contributed by atoms with van der Waals surface area (Å²) in [7, 11) is 0. The van der Waals surface area contributed by atoms with Gasteiger partial charge in [0.2, 0.25) is 6.62 Å². The first-order valence-electron chi connectivity index (χ1n) is 5.03. The maximum absolute atomic E-state index is 7.08. The summed E-state index contributed by atoms with van der Waals surface area (Å²) in [4.78, 5) is 0. The lowest BCUT2D eigenvalue weighted by atomic mass is 10.7. The highest BCUT2D eigenvalue weighted by atomic mass is 35.7. The molecule has 17 heavy (non-hydrogen) atoms. The predicted molar refractivity (Wildman–Crippen MR) is 84.6 cm³/mol. The molecule has 0 fully saturated rings. The largest absolute Gasteiger partial charge is 0.241 e. The summed E-state index contributed by atoms with van der Waals surface area (Å²) in [5.41, 5.74) is 0. The lowest BCUT2D eigenvalue weighted by Crippen LogP contribution is -2.21. The Kier molecular flexibility index (Phi) is 3.38. The van der Waals surface area contributed by atoms with E-state index in [0.717, 1.165) is 0 Å². The van der Waals surface area contributed by atoms with E-state index in [2.05, 4.69) is 52.5 Å². The van der Waals surface area contributed by atoms with Gasteiger partial charge < -0.3 is 0 Å². The second-order valence-electron chi connectivity index (χ2n) is 3.44. The third-order valence-corrected chi connectivity index (χ3v) is 12.7. The minimum atomic E-state index is -1.86. The van der Waals surface area contributed by atoms with E-state index >= 15 is 0 Å². The molecule has 0 nitrogen and oxygen atoms in total. The number of hydrogen-bond acceptors (Lipinski definition) is 3. The first kappa shape index (κ1) is 11.9. The smallest absolute Gasteiger partial charge is 0.105 e. The fraction of sp³-hybridized carbons (Fsp3) is 0. The van der Waals surface area contributed by atoms with Crippen LogP contribution in [-0.4, -0.2) is 0 Å². The lowest BCUT2D eigenvalue weighted by Gasteiger charge is -2.12. The zero-order chi connectivity index (χ0) is 11.7. The molecule has 0 saturated carbocycles. The van der Waals surface area contributed by atoms with Gasteiger partial charge in [0.05, 0.1) is 0 Å². The number of hydrogen-bond donors (Lipinski definition) is 0. The van der Waals surface area contributed by atoms with Crippen molar-refractivity contribution in [3.8, 4) is 0 Å². The van der Waals surface area contributed by atoms with Crippen molar-refractivity contribution >= 4 is 65.7 Å². The Morgan fingerprint density at radius 1 is 0.706 bits per heavy atom. The van der Waals surface area contributed by atoms with Crippen molar-refractivity contribution in [1.29, 1.82) is 0 Å². The molecule has 0 aliphatic rings. The Balaban J connectivity index is 2.21. The summed E-state index contributed by atoms with van der Waals surface area (Å²) in [5.74, 6) is 0. The summed E-state index contributed by atoms with van der Waals surface area (Å²) in [6.07, 6.45) is 0. The molecule has 0 radical (unpaired) electrons. The quantitative estimate of drug-likeness (QED) is 0.631. The molecule has 0 saturated heterocycles. The number of rotatable bonds is 3. The third kappa shape index (κ3) is 2.00. The standard InChI is InChI=1S/C12H9ClPS3/c13-14(10-4-1-7-15-10,11-5-2-8-16-11)12-6-3-9-17-12/h1-9H/q+1. The zero-order valence-electron chi connectivity index (χ0n) is 8.75. The van der Waals surface area contributed by atoms with Crippen molar-refractivity contribution < 1.29 is 0 Å². The van der Waals surface area contributed by atoms with Crippen molar-refractivity contribution in [2.45, 2.75) is 0 Å². The van der Waals surface area contributed by atoms with E-state index in [1.54, 1.807) is 34.0 Å². The van der Waals surface area contributed by atoms with Gasteiger partial charge in [-0.2, -0.15) is 0 Å². The highest BCUT2D eigenvalue weighted by Gasteiger charge is 2.47. The first-order valence-corrected chi connectivity index (χ1v) is 10.4. The van der Waals surface area contributed by atoms with Crippen LogP contribution in [0.2, 0.25) is 0 Å². The number of halogens is 1. The van der Waals surface area contributed by atoms with Crippen LogP contribution in [0.4, 0.5) is 0 Å². The van der Waals surface area contributed by atoms with Crippen LogP contribution in [-0.2, 0) is 0 Å². The molecule has 3 heterocycles. The molecule has 0 aromatic carbocycles. The Labute approximate surface area is 118 Å². The fourth-order valence-corrected chi connectivity index (χ4v) is 10.7. The molecule has 0 spiro atoms. The van der Waals surface area contributed by atoms with Crippen molar-refractivity contribution in [2.75, 3.05) is 0 Å². The van der Waals surface area contributed by atoms with Crippen LogP contribution in [0.5, 0.6) is 0 Å². The minimum Gasteiger partial charge on any atom is -0.105 e. The Bertz CT molecular complexity index is 485. The molecule has 0 atom stereocenters. The maximum atomic E-state index is 7.08. The summed E-state index contributed by atoms with van der Waals surface area (Å²) in [6, 6.07) is 12.7. The highest BCUT2D eigenvalue weighted by molar-refractivity contribution is 8.20. The van der Waals surface area contributed by atoms with Crippen molar-refractivity contribution in [3.05, 3.63) is 52.5 Å². The van der Waals surface area contributed by atoms with Gasteiger partial charge in [-0.25, -0.2) is 0 Å². The Morgan fingerprint density at radius 2 is 1.06 bits per heavy atom. The predicted octanol–water partition coefficient (Wildman–Crippen LogP) is 4.32. The summed E-state index contributed by atoms with van der Waals surface area (Å²) >= 11 is 12.4. The van der Waals surface area contributed by atoms with Gasteiger partial charge in [-0.15, -0.1) is 34.0 Å². The van der Waals surface area contributed by atoms with Crippen LogP contribution in [0, 0.1) is 0 Å². The van der Waals surface area contributed by atoms with Crippen LogP contribution in [0.15, 0.2) is 52.5 Å². The molecule has 3 rings (SSSR count). The van der Waals surface area contributed by atoms with Gasteiger partial charge in [-0.1, -0.05) is 0 Å². The molecule has 5 heteroatoms. The molecule has 0 N–H and O–H groups in total. The topological polar surface area (TPSA) is 0 Å². The number of thiophene rings is 3. The monoisotopic (exact) mass is 315 g/mol. The summed E-state index contributed by atoms with van der Waals surface area (Å²) in [6.45, 7) is -1.86. The molecular weight excluding hydrogens is 307 g/mol. The van der Waals surface area contributed by atoms with Crippen LogP contribution in [0.1, 0.15) is 0 Å². The summed E-state index contributed by atoms with van der Waals surface area (Å²) in [5, 5.41) is 6.31.